The van der Waals surface area contributed by atoms with Crippen molar-refractivity contribution in [2.45, 2.75) is 45.9 Å². The molecule has 0 radical (unpaired) electrons. The third-order valence-corrected chi connectivity index (χ3v) is 6.64. The van der Waals surface area contributed by atoms with Crippen molar-refractivity contribution in [1.82, 2.24) is 15.1 Å². The zero-order chi connectivity index (χ0) is 19.9. The minimum absolute atomic E-state index is 0.171. The molecule has 1 aliphatic rings. The third-order valence-electron chi connectivity index (χ3n) is 4.72. The van der Waals surface area contributed by atoms with Gasteiger partial charge >= 0.3 is 0 Å². The lowest BCUT2D eigenvalue weighted by Gasteiger charge is -2.36. The van der Waals surface area contributed by atoms with Gasteiger partial charge in [0.1, 0.15) is 0 Å². The predicted molar refractivity (Wildman–Crippen MR) is 117 cm³/mol. The average Bonchev–Trinajstić information content (AvgIpc) is 2.61. The summed E-state index contributed by atoms with van der Waals surface area (Å²) in [6.45, 7) is 16.8. The number of aliphatic imine (C=N–C) groups is 1. The maximum atomic E-state index is 12.2. The molecule has 1 unspecified atom stereocenters. The molecule has 1 saturated heterocycles. The van der Waals surface area contributed by atoms with Crippen LogP contribution in [0, 0.1) is 6.92 Å². The van der Waals surface area contributed by atoms with Gasteiger partial charge in [0, 0.05) is 60.6 Å². The third kappa shape index (κ3) is 7.26. The van der Waals surface area contributed by atoms with E-state index in [1.54, 1.807) is 0 Å². The fraction of sp³-hybridized carbons (Fsp3) is 0.667. The second kappa shape index (κ2) is 10.2. The molecule has 27 heavy (non-hydrogen) atoms. The molecule has 1 fully saturated rings. The Morgan fingerprint density at radius 1 is 1.22 bits per heavy atom. The van der Waals surface area contributed by atoms with E-state index in [9.17, 15) is 4.21 Å². The maximum absolute atomic E-state index is 12.2. The predicted octanol–water partition coefficient (Wildman–Crippen LogP) is 2.63. The van der Waals surface area contributed by atoms with Crippen LogP contribution in [0.3, 0.4) is 0 Å². The second-order valence-electron chi connectivity index (χ2n) is 8.15. The van der Waals surface area contributed by atoms with Crippen molar-refractivity contribution in [3.05, 3.63) is 35.4 Å². The first kappa shape index (κ1) is 21.9. The summed E-state index contributed by atoms with van der Waals surface area (Å²) < 4.78 is 12.1. The Kier molecular flexibility index (Phi) is 8.29. The van der Waals surface area contributed by atoms with Crippen molar-refractivity contribution in [3.8, 4) is 0 Å². The SMILES string of the molecule is CCNC(=NCCS(=O)C(C)(C)C)N1CCN(Cc2cccc(C)c2)CC1. The van der Waals surface area contributed by atoms with E-state index in [2.05, 4.69) is 53.2 Å². The van der Waals surface area contributed by atoms with Crippen molar-refractivity contribution in [3.63, 3.8) is 0 Å². The van der Waals surface area contributed by atoms with Crippen LogP contribution < -0.4 is 5.32 Å². The molecule has 2 rings (SSSR count). The molecule has 1 aliphatic heterocycles. The van der Waals surface area contributed by atoms with Crippen LogP contribution in [0.2, 0.25) is 0 Å². The fourth-order valence-electron chi connectivity index (χ4n) is 3.15. The zero-order valence-electron chi connectivity index (χ0n) is 17.6. The first-order valence-corrected chi connectivity index (χ1v) is 11.3. The summed E-state index contributed by atoms with van der Waals surface area (Å²) in [5.41, 5.74) is 2.70. The summed E-state index contributed by atoms with van der Waals surface area (Å²) >= 11 is 0. The highest BCUT2D eigenvalue weighted by molar-refractivity contribution is 7.86. The van der Waals surface area contributed by atoms with Crippen LogP contribution in [0.15, 0.2) is 29.3 Å². The van der Waals surface area contributed by atoms with Gasteiger partial charge in [-0.1, -0.05) is 29.8 Å². The number of nitrogens with zero attached hydrogens (tertiary/aromatic N) is 3. The van der Waals surface area contributed by atoms with Gasteiger partial charge in [0.2, 0.25) is 0 Å². The van der Waals surface area contributed by atoms with Crippen molar-refractivity contribution in [2.75, 3.05) is 45.0 Å². The molecule has 0 saturated carbocycles. The van der Waals surface area contributed by atoms with Crippen LogP contribution in [0.25, 0.3) is 0 Å². The Bertz CT molecular complexity index is 646. The molecule has 1 N–H and O–H groups in total. The number of piperazine rings is 1. The number of guanidine groups is 1. The van der Waals surface area contributed by atoms with E-state index in [0.29, 0.717) is 12.3 Å². The summed E-state index contributed by atoms with van der Waals surface area (Å²) in [6, 6.07) is 8.76. The van der Waals surface area contributed by atoms with Gasteiger partial charge in [-0.05, 0) is 40.2 Å². The van der Waals surface area contributed by atoms with Crippen LogP contribution in [0.5, 0.6) is 0 Å². The molecule has 5 nitrogen and oxygen atoms in total. The van der Waals surface area contributed by atoms with Gasteiger partial charge in [-0.15, -0.1) is 0 Å². The summed E-state index contributed by atoms with van der Waals surface area (Å²) in [6.07, 6.45) is 0. The van der Waals surface area contributed by atoms with Crippen molar-refractivity contribution in [2.24, 2.45) is 4.99 Å². The molecule has 0 aliphatic carbocycles. The molecular formula is C21H36N4OS. The Balaban J connectivity index is 1.86. The highest BCUT2D eigenvalue weighted by atomic mass is 32.2. The molecule has 6 heteroatoms. The Hall–Kier alpha value is -1.40. The largest absolute Gasteiger partial charge is 0.357 e. The topological polar surface area (TPSA) is 47.9 Å². The number of hydrogen-bond donors (Lipinski definition) is 1. The van der Waals surface area contributed by atoms with E-state index < -0.39 is 10.8 Å². The molecule has 1 heterocycles. The molecule has 1 aromatic rings. The monoisotopic (exact) mass is 392 g/mol. The standard InChI is InChI=1S/C21H36N4OS/c1-6-22-20(23-10-15-27(26)21(3,4)5)25-13-11-24(12-14-25)17-19-9-7-8-18(2)16-19/h7-9,16H,6,10-15,17H2,1-5H3,(H,22,23). The zero-order valence-corrected chi connectivity index (χ0v) is 18.4. The highest BCUT2D eigenvalue weighted by Gasteiger charge is 2.21. The fourth-order valence-corrected chi connectivity index (χ4v) is 4.02. The Labute approximate surface area is 167 Å². The quantitative estimate of drug-likeness (QED) is 0.597. The molecule has 1 atom stereocenters. The van der Waals surface area contributed by atoms with Crippen molar-refractivity contribution < 1.29 is 4.21 Å². The summed E-state index contributed by atoms with van der Waals surface area (Å²) in [7, 11) is -0.855. The van der Waals surface area contributed by atoms with Gasteiger partial charge in [0.05, 0.1) is 6.54 Å². The Morgan fingerprint density at radius 3 is 2.52 bits per heavy atom. The lowest BCUT2D eigenvalue weighted by Crippen LogP contribution is -2.52. The van der Waals surface area contributed by atoms with Gasteiger partial charge in [0.15, 0.2) is 5.96 Å². The number of hydrogen-bond acceptors (Lipinski definition) is 3. The number of nitrogens with one attached hydrogen (secondary N) is 1. The van der Waals surface area contributed by atoms with E-state index >= 15 is 0 Å². The molecule has 0 amide bonds. The maximum Gasteiger partial charge on any atom is 0.194 e. The van der Waals surface area contributed by atoms with E-state index in [1.165, 1.54) is 11.1 Å². The summed E-state index contributed by atoms with van der Waals surface area (Å²) in [5, 5.41) is 3.40. The van der Waals surface area contributed by atoms with Gasteiger partial charge in [-0.3, -0.25) is 14.1 Å². The average molecular weight is 393 g/mol. The van der Waals surface area contributed by atoms with Gasteiger partial charge < -0.3 is 10.2 Å². The van der Waals surface area contributed by atoms with E-state index in [1.807, 2.05) is 20.8 Å². The summed E-state index contributed by atoms with van der Waals surface area (Å²) in [5.74, 6) is 1.57. The van der Waals surface area contributed by atoms with Gasteiger partial charge in [-0.25, -0.2) is 0 Å². The smallest absolute Gasteiger partial charge is 0.194 e. The first-order valence-electron chi connectivity index (χ1n) is 9.99. The van der Waals surface area contributed by atoms with Crippen LogP contribution in [0.4, 0.5) is 0 Å². The van der Waals surface area contributed by atoms with Crippen LogP contribution in [0.1, 0.15) is 38.8 Å². The normalized spacial score (nSPS) is 17.8. The van der Waals surface area contributed by atoms with E-state index in [0.717, 1.165) is 45.2 Å². The number of aryl methyl sites for hydroxylation is 1. The Morgan fingerprint density at radius 2 is 1.93 bits per heavy atom. The molecule has 152 valence electrons. The molecule has 0 bridgehead atoms. The van der Waals surface area contributed by atoms with Gasteiger partial charge in [-0.2, -0.15) is 0 Å². The minimum atomic E-state index is -0.855. The molecule has 0 aromatic heterocycles. The highest BCUT2D eigenvalue weighted by Crippen LogP contribution is 2.12. The lowest BCUT2D eigenvalue weighted by molar-refractivity contribution is 0.172. The van der Waals surface area contributed by atoms with Crippen LogP contribution in [-0.4, -0.2) is 69.7 Å². The van der Waals surface area contributed by atoms with Crippen LogP contribution in [-0.2, 0) is 17.3 Å². The first-order chi connectivity index (χ1) is 12.8. The van der Waals surface area contributed by atoms with E-state index in [-0.39, 0.29) is 4.75 Å². The molecular weight excluding hydrogens is 356 g/mol. The minimum Gasteiger partial charge on any atom is -0.357 e. The lowest BCUT2D eigenvalue weighted by atomic mass is 10.1. The number of benzene rings is 1. The van der Waals surface area contributed by atoms with E-state index in [4.69, 9.17) is 4.99 Å². The molecule has 1 aromatic carbocycles. The number of rotatable bonds is 6. The summed E-state index contributed by atoms with van der Waals surface area (Å²) in [4.78, 5) is 9.56. The van der Waals surface area contributed by atoms with Crippen molar-refractivity contribution >= 4 is 16.8 Å². The second-order valence-corrected chi connectivity index (χ2v) is 10.5. The van der Waals surface area contributed by atoms with Crippen molar-refractivity contribution in [1.29, 1.82) is 0 Å². The molecule has 0 spiro atoms. The van der Waals surface area contributed by atoms with Gasteiger partial charge in [0.25, 0.3) is 0 Å². The van der Waals surface area contributed by atoms with Crippen LogP contribution >= 0.6 is 0 Å².